The van der Waals surface area contributed by atoms with Crippen LogP contribution in [0.15, 0.2) is 66.9 Å². The third kappa shape index (κ3) is 3.99. The van der Waals surface area contributed by atoms with Gasteiger partial charge < -0.3 is 19.5 Å². The number of ether oxygens (including phenoxy) is 1. The SMILES string of the molecule is CCOc1ccc(NC(=S)N2CCn3cccc3[C@H]2c2ccc([N+](=O)[O-])cc2)cc1. The van der Waals surface area contributed by atoms with Gasteiger partial charge in [-0.1, -0.05) is 0 Å². The Morgan fingerprint density at radius 2 is 1.90 bits per heavy atom. The van der Waals surface area contributed by atoms with Gasteiger partial charge in [0, 0.05) is 42.8 Å². The fraction of sp³-hybridized carbons (Fsp3) is 0.227. The summed E-state index contributed by atoms with van der Waals surface area (Å²) < 4.78 is 7.69. The van der Waals surface area contributed by atoms with Crippen LogP contribution in [0.3, 0.4) is 0 Å². The Labute approximate surface area is 180 Å². The molecule has 0 fully saturated rings. The second-order valence-electron chi connectivity index (χ2n) is 6.96. The zero-order valence-corrected chi connectivity index (χ0v) is 17.3. The summed E-state index contributed by atoms with van der Waals surface area (Å²) in [6.45, 7) is 4.12. The lowest BCUT2D eigenvalue weighted by molar-refractivity contribution is -0.384. The minimum atomic E-state index is -0.386. The quantitative estimate of drug-likeness (QED) is 0.368. The van der Waals surface area contributed by atoms with E-state index < -0.39 is 0 Å². The molecule has 154 valence electrons. The summed E-state index contributed by atoms with van der Waals surface area (Å²) in [7, 11) is 0. The number of nitro benzene ring substituents is 1. The van der Waals surface area contributed by atoms with Gasteiger partial charge in [-0.2, -0.15) is 0 Å². The average Bonchev–Trinajstić information content (AvgIpc) is 3.23. The van der Waals surface area contributed by atoms with Crippen molar-refractivity contribution in [3.63, 3.8) is 0 Å². The minimum absolute atomic E-state index is 0.0755. The lowest BCUT2D eigenvalue weighted by Gasteiger charge is -2.39. The van der Waals surface area contributed by atoms with E-state index in [0.29, 0.717) is 11.7 Å². The van der Waals surface area contributed by atoms with Crippen LogP contribution >= 0.6 is 12.2 Å². The molecule has 2 heterocycles. The molecule has 0 unspecified atom stereocenters. The van der Waals surface area contributed by atoms with E-state index in [2.05, 4.69) is 20.9 Å². The molecule has 4 rings (SSSR count). The summed E-state index contributed by atoms with van der Waals surface area (Å²) in [6, 6.07) is 18.3. The van der Waals surface area contributed by atoms with Gasteiger partial charge in [0.2, 0.25) is 0 Å². The van der Waals surface area contributed by atoms with Crippen molar-refractivity contribution in [1.29, 1.82) is 0 Å². The van der Waals surface area contributed by atoms with Gasteiger partial charge in [-0.05, 0) is 73.2 Å². The van der Waals surface area contributed by atoms with Gasteiger partial charge in [-0.3, -0.25) is 10.1 Å². The molecule has 0 saturated heterocycles. The number of anilines is 1. The largest absolute Gasteiger partial charge is 0.494 e. The van der Waals surface area contributed by atoms with E-state index in [9.17, 15) is 10.1 Å². The van der Waals surface area contributed by atoms with E-state index in [1.54, 1.807) is 24.3 Å². The first-order valence-electron chi connectivity index (χ1n) is 9.76. The molecule has 3 aromatic rings. The maximum Gasteiger partial charge on any atom is 0.269 e. The molecule has 0 bridgehead atoms. The number of fused-ring (bicyclic) bond motifs is 1. The number of nitrogens with zero attached hydrogens (tertiary/aromatic N) is 3. The number of rotatable bonds is 5. The molecule has 0 amide bonds. The summed E-state index contributed by atoms with van der Waals surface area (Å²) in [5.41, 5.74) is 3.01. The van der Waals surface area contributed by atoms with Crippen molar-refractivity contribution in [1.82, 2.24) is 9.47 Å². The maximum absolute atomic E-state index is 11.0. The molecular formula is C22H22N4O3S. The molecule has 0 aliphatic carbocycles. The van der Waals surface area contributed by atoms with Crippen LogP contribution in [0.1, 0.15) is 24.2 Å². The van der Waals surface area contributed by atoms with Gasteiger partial charge in [0.1, 0.15) is 5.75 Å². The first-order chi connectivity index (χ1) is 14.6. The second kappa shape index (κ2) is 8.54. The van der Waals surface area contributed by atoms with Crippen molar-refractivity contribution < 1.29 is 9.66 Å². The van der Waals surface area contributed by atoms with Gasteiger partial charge >= 0.3 is 0 Å². The van der Waals surface area contributed by atoms with E-state index in [4.69, 9.17) is 17.0 Å². The van der Waals surface area contributed by atoms with Crippen LogP contribution in [0.5, 0.6) is 5.75 Å². The number of thiocarbonyl (C=S) groups is 1. The number of hydrogen-bond donors (Lipinski definition) is 1. The Morgan fingerprint density at radius 1 is 1.17 bits per heavy atom. The summed E-state index contributed by atoms with van der Waals surface area (Å²) in [5, 5.41) is 15.0. The molecule has 1 aromatic heterocycles. The summed E-state index contributed by atoms with van der Waals surface area (Å²) >= 11 is 5.75. The predicted molar refractivity (Wildman–Crippen MR) is 120 cm³/mol. The molecular weight excluding hydrogens is 400 g/mol. The van der Waals surface area contributed by atoms with E-state index >= 15 is 0 Å². The highest BCUT2D eigenvalue weighted by atomic mass is 32.1. The van der Waals surface area contributed by atoms with Gasteiger partial charge in [0.15, 0.2) is 5.11 Å². The Bertz CT molecular complexity index is 1050. The lowest BCUT2D eigenvalue weighted by Crippen LogP contribution is -2.44. The molecule has 1 N–H and O–H groups in total. The number of nitrogens with one attached hydrogen (secondary N) is 1. The van der Waals surface area contributed by atoms with Gasteiger partial charge in [0.05, 0.1) is 17.6 Å². The van der Waals surface area contributed by atoms with Crippen LogP contribution in [0.2, 0.25) is 0 Å². The normalized spacial score (nSPS) is 15.4. The molecule has 1 aliphatic heterocycles. The molecule has 0 saturated carbocycles. The highest BCUT2D eigenvalue weighted by Gasteiger charge is 2.30. The number of hydrogen-bond acceptors (Lipinski definition) is 4. The highest BCUT2D eigenvalue weighted by Crippen LogP contribution is 2.34. The van der Waals surface area contributed by atoms with Crippen LogP contribution in [0, 0.1) is 10.1 Å². The van der Waals surface area contributed by atoms with Crippen molar-refractivity contribution in [2.45, 2.75) is 19.5 Å². The Kier molecular flexibility index (Phi) is 5.67. The molecule has 0 spiro atoms. The van der Waals surface area contributed by atoms with Crippen molar-refractivity contribution in [3.8, 4) is 5.75 Å². The fourth-order valence-electron chi connectivity index (χ4n) is 3.73. The third-order valence-electron chi connectivity index (χ3n) is 5.14. The topological polar surface area (TPSA) is 72.6 Å². The van der Waals surface area contributed by atoms with Crippen molar-refractivity contribution in [3.05, 3.63) is 88.2 Å². The molecule has 30 heavy (non-hydrogen) atoms. The number of nitro groups is 1. The van der Waals surface area contributed by atoms with E-state index in [1.807, 2.05) is 43.5 Å². The maximum atomic E-state index is 11.0. The Morgan fingerprint density at radius 3 is 2.57 bits per heavy atom. The Balaban J connectivity index is 1.60. The van der Waals surface area contributed by atoms with Crippen molar-refractivity contribution in [2.24, 2.45) is 0 Å². The van der Waals surface area contributed by atoms with Crippen LogP contribution in [0.4, 0.5) is 11.4 Å². The summed E-state index contributed by atoms with van der Waals surface area (Å²) in [4.78, 5) is 12.8. The highest BCUT2D eigenvalue weighted by molar-refractivity contribution is 7.80. The van der Waals surface area contributed by atoms with Crippen LogP contribution in [0.25, 0.3) is 0 Å². The van der Waals surface area contributed by atoms with E-state index in [-0.39, 0.29) is 16.7 Å². The van der Waals surface area contributed by atoms with E-state index in [1.165, 1.54) is 0 Å². The minimum Gasteiger partial charge on any atom is -0.494 e. The molecule has 1 aliphatic rings. The molecule has 0 radical (unpaired) electrons. The monoisotopic (exact) mass is 422 g/mol. The fourth-order valence-corrected chi connectivity index (χ4v) is 4.04. The first kappa shape index (κ1) is 19.9. The first-order valence-corrected chi connectivity index (χ1v) is 10.2. The van der Waals surface area contributed by atoms with Gasteiger partial charge in [-0.15, -0.1) is 0 Å². The van der Waals surface area contributed by atoms with Gasteiger partial charge in [0.25, 0.3) is 5.69 Å². The standard InChI is InChI=1S/C22H22N4O3S/c1-2-29-19-11-7-17(8-12-19)23-22(30)25-15-14-24-13-3-4-20(24)21(25)16-5-9-18(10-6-16)26(27)28/h3-13,21H,2,14-15H2,1H3,(H,23,30)/t21-/m1/s1. The number of aromatic nitrogens is 1. The van der Waals surface area contributed by atoms with E-state index in [0.717, 1.165) is 35.8 Å². The Hall–Kier alpha value is -3.39. The predicted octanol–water partition coefficient (Wildman–Crippen LogP) is 4.60. The molecule has 7 nitrogen and oxygen atoms in total. The van der Waals surface area contributed by atoms with Crippen LogP contribution in [-0.2, 0) is 6.54 Å². The van der Waals surface area contributed by atoms with Crippen LogP contribution < -0.4 is 10.1 Å². The molecule has 1 atom stereocenters. The molecule has 8 heteroatoms. The average molecular weight is 423 g/mol. The van der Waals surface area contributed by atoms with Crippen molar-refractivity contribution >= 4 is 28.7 Å². The zero-order chi connectivity index (χ0) is 21.1. The molecule has 2 aromatic carbocycles. The number of non-ortho nitro benzene ring substituents is 1. The summed E-state index contributed by atoms with van der Waals surface area (Å²) in [6.07, 6.45) is 2.05. The number of benzene rings is 2. The van der Waals surface area contributed by atoms with Crippen LogP contribution in [-0.4, -0.2) is 32.7 Å². The summed E-state index contributed by atoms with van der Waals surface area (Å²) in [5.74, 6) is 0.813. The van der Waals surface area contributed by atoms with Crippen molar-refractivity contribution in [2.75, 3.05) is 18.5 Å². The second-order valence-corrected chi connectivity index (χ2v) is 7.35. The van der Waals surface area contributed by atoms with Gasteiger partial charge in [-0.25, -0.2) is 0 Å². The zero-order valence-electron chi connectivity index (χ0n) is 16.5. The third-order valence-corrected chi connectivity index (χ3v) is 5.47. The smallest absolute Gasteiger partial charge is 0.269 e. The lowest BCUT2D eigenvalue weighted by atomic mass is 10.00.